The molecule has 0 fully saturated rings. The zero-order valence-corrected chi connectivity index (χ0v) is 8.06. The first-order valence-electron chi connectivity index (χ1n) is 4.17. The van der Waals surface area contributed by atoms with Gasteiger partial charge >= 0.3 is 5.97 Å². The van der Waals surface area contributed by atoms with E-state index in [1.54, 1.807) is 25.1 Å². The summed E-state index contributed by atoms with van der Waals surface area (Å²) in [6, 6.07) is 6.44. The van der Waals surface area contributed by atoms with Gasteiger partial charge in [-0.25, -0.2) is 4.79 Å². The van der Waals surface area contributed by atoms with E-state index in [2.05, 4.69) is 0 Å². The van der Waals surface area contributed by atoms with Gasteiger partial charge in [0.15, 0.2) is 6.29 Å². The molecule has 0 aliphatic heterocycles. The van der Waals surface area contributed by atoms with Crippen LogP contribution in [0, 0.1) is 0 Å². The molecule has 0 saturated carbocycles. The Morgan fingerprint density at radius 2 is 2.07 bits per heavy atom. The third-order valence-corrected chi connectivity index (χ3v) is 1.74. The van der Waals surface area contributed by atoms with Gasteiger partial charge in [0.25, 0.3) is 0 Å². The van der Waals surface area contributed by atoms with E-state index in [4.69, 9.17) is 14.6 Å². The van der Waals surface area contributed by atoms with Crippen molar-refractivity contribution >= 4 is 5.97 Å². The molecule has 1 unspecified atom stereocenters. The third-order valence-electron chi connectivity index (χ3n) is 1.74. The van der Waals surface area contributed by atoms with Crippen molar-refractivity contribution in [2.24, 2.45) is 0 Å². The molecule has 0 amide bonds. The minimum Gasteiger partial charge on any atom is -0.478 e. The second-order valence-corrected chi connectivity index (χ2v) is 2.72. The molecule has 0 bridgehead atoms. The Hall–Kier alpha value is -1.55. The lowest BCUT2D eigenvalue weighted by Gasteiger charge is -2.13. The van der Waals surface area contributed by atoms with Crippen LogP contribution in [0.1, 0.15) is 17.3 Å². The zero-order chi connectivity index (χ0) is 10.6. The van der Waals surface area contributed by atoms with Crippen molar-refractivity contribution < 1.29 is 19.4 Å². The molecule has 0 aromatic heterocycles. The Labute approximate surface area is 82.1 Å². The van der Waals surface area contributed by atoms with Gasteiger partial charge < -0.3 is 14.6 Å². The molecular weight excluding hydrogens is 184 g/mol. The van der Waals surface area contributed by atoms with Gasteiger partial charge in [-0.1, -0.05) is 12.1 Å². The molecule has 4 heteroatoms. The Bertz CT molecular complexity index is 322. The van der Waals surface area contributed by atoms with Crippen molar-refractivity contribution in [3.8, 4) is 5.75 Å². The molecule has 1 rings (SSSR count). The first-order valence-corrected chi connectivity index (χ1v) is 4.17. The van der Waals surface area contributed by atoms with Gasteiger partial charge in [-0.3, -0.25) is 0 Å². The summed E-state index contributed by atoms with van der Waals surface area (Å²) >= 11 is 0. The zero-order valence-electron chi connectivity index (χ0n) is 8.06. The van der Waals surface area contributed by atoms with Gasteiger partial charge in [0, 0.05) is 7.11 Å². The molecule has 0 aliphatic rings. The normalized spacial score (nSPS) is 12.1. The maximum Gasteiger partial charge on any atom is 0.339 e. The first kappa shape index (κ1) is 10.5. The molecule has 0 saturated heterocycles. The van der Waals surface area contributed by atoms with Crippen LogP contribution in [0.25, 0.3) is 0 Å². The SMILES string of the molecule is COC(C)Oc1ccccc1C(=O)O. The van der Waals surface area contributed by atoms with E-state index < -0.39 is 12.3 Å². The number of aromatic carboxylic acids is 1. The fourth-order valence-corrected chi connectivity index (χ4v) is 0.973. The highest BCUT2D eigenvalue weighted by molar-refractivity contribution is 5.90. The highest BCUT2D eigenvalue weighted by Gasteiger charge is 2.11. The van der Waals surface area contributed by atoms with Crippen molar-refractivity contribution in [3.63, 3.8) is 0 Å². The minimum atomic E-state index is -1.01. The van der Waals surface area contributed by atoms with Crippen molar-refractivity contribution in [3.05, 3.63) is 29.8 Å². The number of methoxy groups -OCH3 is 1. The number of rotatable bonds is 4. The average molecular weight is 196 g/mol. The smallest absolute Gasteiger partial charge is 0.339 e. The second-order valence-electron chi connectivity index (χ2n) is 2.72. The molecule has 1 aromatic carbocycles. The summed E-state index contributed by atoms with van der Waals surface area (Å²) in [5, 5.41) is 8.83. The molecule has 4 nitrogen and oxygen atoms in total. The second kappa shape index (κ2) is 4.62. The van der Waals surface area contributed by atoms with Crippen LogP contribution in [-0.4, -0.2) is 24.5 Å². The highest BCUT2D eigenvalue weighted by atomic mass is 16.7. The summed E-state index contributed by atoms with van der Waals surface area (Å²) in [5.74, 6) is -0.696. The quantitative estimate of drug-likeness (QED) is 0.745. The summed E-state index contributed by atoms with van der Waals surface area (Å²) < 4.78 is 10.1. The number of hydrogen-bond acceptors (Lipinski definition) is 3. The summed E-state index contributed by atoms with van der Waals surface area (Å²) in [6.07, 6.45) is -0.463. The van der Waals surface area contributed by atoms with Crippen molar-refractivity contribution in [2.45, 2.75) is 13.2 Å². The van der Waals surface area contributed by atoms with E-state index in [9.17, 15) is 4.79 Å². The Balaban J connectivity index is 2.90. The van der Waals surface area contributed by atoms with Gasteiger partial charge in [0.2, 0.25) is 0 Å². The first-order chi connectivity index (χ1) is 6.65. The molecule has 1 atom stereocenters. The highest BCUT2D eigenvalue weighted by Crippen LogP contribution is 2.19. The van der Waals surface area contributed by atoms with E-state index >= 15 is 0 Å². The summed E-state index contributed by atoms with van der Waals surface area (Å²) in [6.45, 7) is 1.69. The van der Waals surface area contributed by atoms with Crippen LogP contribution in [0.5, 0.6) is 5.75 Å². The largest absolute Gasteiger partial charge is 0.478 e. The maximum atomic E-state index is 10.8. The molecule has 0 radical (unpaired) electrons. The molecule has 1 aromatic rings. The number of para-hydroxylation sites is 1. The summed E-state index contributed by atoms with van der Waals surface area (Å²) in [4.78, 5) is 10.8. The van der Waals surface area contributed by atoms with Gasteiger partial charge in [-0.15, -0.1) is 0 Å². The number of carboxylic acid groups (broad SMARTS) is 1. The van der Waals surface area contributed by atoms with E-state index in [1.807, 2.05) is 0 Å². The van der Waals surface area contributed by atoms with Gasteiger partial charge in [0.1, 0.15) is 11.3 Å². The van der Waals surface area contributed by atoms with E-state index in [1.165, 1.54) is 13.2 Å². The molecule has 76 valence electrons. The minimum absolute atomic E-state index is 0.136. The van der Waals surface area contributed by atoms with Gasteiger partial charge in [-0.05, 0) is 19.1 Å². The van der Waals surface area contributed by atoms with Crippen LogP contribution in [0.3, 0.4) is 0 Å². The van der Waals surface area contributed by atoms with Crippen LogP contribution in [0.15, 0.2) is 24.3 Å². The lowest BCUT2D eigenvalue weighted by molar-refractivity contribution is -0.0387. The summed E-state index contributed by atoms with van der Waals surface area (Å²) in [5.41, 5.74) is 0.136. The van der Waals surface area contributed by atoms with Crippen LogP contribution in [0.2, 0.25) is 0 Å². The number of benzene rings is 1. The van der Waals surface area contributed by atoms with E-state index in [0.29, 0.717) is 5.75 Å². The van der Waals surface area contributed by atoms with E-state index in [-0.39, 0.29) is 5.56 Å². The summed E-state index contributed by atoms with van der Waals surface area (Å²) in [7, 11) is 1.49. The topological polar surface area (TPSA) is 55.8 Å². The number of hydrogen-bond donors (Lipinski definition) is 1. The molecular formula is C10H12O4. The Kier molecular flexibility index (Phi) is 3.48. The lowest BCUT2D eigenvalue weighted by Crippen LogP contribution is -2.15. The number of ether oxygens (including phenoxy) is 2. The fraction of sp³-hybridized carbons (Fsp3) is 0.300. The van der Waals surface area contributed by atoms with Crippen molar-refractivity contribution in [1.29, 1.82) is 0 Å². The van der Waals surface area contributed by atoms with Crippen LogP contribution in [0.4, 0.5) is 0 Å². The Morgan fingerprint density at radius 1 is 1.43 bits per heavy atom. The van der Waals surface area contributed by atoms with Gasteiger partial charge in [-0.2, -0.15) is 0 Å². The maximum absolute atomic E-state index is 10.8. The molecule has 1 N–H and O–H groups in total. The predicted molar refractivity (Wildman–Crippen MR) is 50.5 cm³/mol. The predicted octanol–water partition coefficient (Wildman–Crippen LogP) is 1.76. The van der Waals surface area contributed by atoms with Crippen LogP contribution >= 0.6 is 0 Å². The van der Waals surface area contributed by atoms with Crippen molar-refractivity contribution in [2.75, 3.05) is 7.11 Å². The third kappa shape index (κ3) is 2.47. The van der Waals surface area contributed by atoms with Crippen LogP contribution in [-0.2, 0) is 4.74 Å². The molecule has 0 heterocycles. The molecule has 14 heavy (non-hydrogen) atoms. The van der Waals surface area contributed by atoms with Crippen molar-refractivity contribution in [1.82, 2.24) is 0 Å². The number of carbonyl (C=O) groups is 1. The molecule has 0 aliphatic carbocycles. The number of carboxylic acids is 1. The van der Waals surface area contributed by atoms with Crippen LogP contribution < -0.4 is 4.74 Å². The fourth-order valence-electron chi connectivity index (χ4n) is 0.973. The molecule has 0 spiro atoms. The lowest BCUT2D eigenvalue weighted by atomic mass is 10.2. The van der Waals surface area contributed by atoms with Gasteiger partial charge in [0.05, 0.1) is 0 Å². The average Bonchev–Trinajstić information content (AvgIpc) is 2.18. The monoisotopic (exact) mass is 196 g/mol. The Morgan fingerprint density at radius 3 is 2.64 bits per heavy atom. The van der Waals surface area contributed by atoms with E-state index in [0.717, 1.165) is 0 Å². The standard InChI is InChI=1S/C10H12O4/c1-7(13-2)14-9-6-4-3-5-8(9)10(11)12/h3-7H,1-2H3,(H,11,12).